The van der Waals surface area contributed by atoms with Crippen LogP contribution in [0.5, 0.6) is 0 Å². The molecule has 0 atom stereocenters. The van der Waals surface area contributed by atoms with Crippen molar-refractivity contribution >= 4 is 40.2 Å². The summed E-state index contributed by atoms with van der Waals surface area (Å²) in [7, 11) is 0. The van der Waals surface area contributed by atoms with Crippen molar-refractivity contribution in [2.75, 3.05) is 11.1 Å². The van der Waals surface area contributed by atoms with Gasteiger partial charge in [-0.15, -0.1) is 10.2 Å². The zero-order valence-corrected chi connectivity index (χ0v) is 14.8. The molecule has 3 N–H and O–H groups in total. The summed E-state index contributed by atoms with van der Waals surface area (Å²) in [6, 6.07) is 7.11. The number of benzene rings is 1. The second-order valence-corrected chi connectivity index (χ2v) is 6.78. The Morgan fingerprint density at radius 3 is 2.85 bits per heavy atom. The molecule has 4 rings (SSSR count). The van der Waals surface area contributed by atoms with E-state index >= 15 is 0 Å². The van der Waals surface area contributed by atoms with Crippen LogP contribution in [0.2, 0.25) is 0 Å². The number of amides is 1. The molecule has 0 aliphatic heterocycles. The number of carbonyl (C=O) groups is 1. The molecule has 1 aromatic carbocycles. The van der Waals surface area contributed by atoms with E-state index in [-0.39, 0.29) is 17.3 Å². The molecule has 3 aromatic heterocycles. The normalized spacial score (nSPS) is 11.3. The van der Waals surface area contributed by atoms with Crippen LogP contribution >= 0.6 is 11.8 Å². The van der Waals surface area contributed by atoms with E-state index in [9.17, 15) is 9.59 Å². The van der Waals surface area contributed by atoms with Gasteiger partial charge < -0.3 is 15.3 Å². The van der Waals surface area contributed by atoms with Crippen molar-refractivity contribution in [2.45, 2.75) is 19.0 Å². The summed E-state index contributed by atoms with van der Waals surface area (Å²) in [4.78, 5) is 33.2. The number of rotatable bonds is 4. The highest BCUT2D eigenvalue weighted by Gasteiger charge is 2.12. The second-order valence-electron chi connectivity index (χ2n) is 5.83. The number of aromatic amines is 2. The Morgan fingerprint density at radius 1 is 1.19 bits per heavy atom. The Kier molecular flexibility index (Phi) is 3.96. The molecule has 10 heteroatoms. The number of fused-ring (bicyclic) bond motifs is 2. The van der Waals surface area contributed by atoms with Crippen LogP contribution in [-0.4, -0.2) is 41.2 Å². The van der Waals surface area contributed by atoms with Gasteiger partial charge in [-0.3, -0.25) is 9.20 Å². The summed E-state index contributed by atoms with van der Waals surface area (Å²) in [6.07, 6.45) is 0. The highest BCUT2D eigenvalue weighted by molar-refractivity contribution is 7.99. The number of aromatic nitrogens is 6. The molecule has 1 amide bonds. The lowest BCUT2D eigenvalue weighted by Crippen LogP contribution is -2.14. The van der Waals surface area contributed by atoms with Gasteiger partial charge in [-0.2, -0.15) is 0 Å². The molecule has 26 heavy (non-hydrogen) atoms. The first-order valence-corrected chi connectivity index (χ1v) is 8.82. The van der Waals surface area contributed by atoms with E-state index in [2.05, 4.69) is 30.5 Å². The van der Waals surface area contributed by atoms with Crippen LogP contribution in [0.4, 0.5) is 5.69 Å². The molecule has 0 aliphatic rings. The third-order valence-corrected chi connectivity index (χ3v) is 4.72. The third-order valence-electron chi connectivity index (χ3n) is 3.80. The van der Waals surface area contributed by atoms with Gasteiger partial charge in [0.2, 0.25) is 5.91 Å². The zero-order chi connectivity index (χ0) is 18.3. The van der Waals surface area contributed by atoms with Gasteiger partial charge in [0, 0.05) is 17.1 Å². The maximum absolute atomic E-state index is 12.2. The largest absolute Gasteiger partial charge is 0.325 e. The number of nitrogens with one attached hydrogen (secondary N) is 3. The molecule has 0 fully saturated rings. The lowest BCUT2D eigenvalue weighted by atomic mass is 10.3. The van der Waals surface area contributed by atoms with Crippen molar-refractivity contribution in [1.29, 1.82) is 0 Å². The number of aryl methyl sites for hydroxylation is 2. The molecule has 9 nitrogen and oxygen atoms in total. The molecule has 0 radical (unpaired) electrons. The van der Waals surface area contributed by atoms with Crippen molar-refractivity contribution in [2.24, 2.45) is 0 Å². The first-order valence-electron chi connectivity index (χ1n) is 7.84. The van der Waals surface area contributed by atoms with E-state index in [1.54, 1.807) is 18.2 Å². The van der Waals surface area contributed by atoms with Crippen molar-refractivity contribution in [3.05, 3.63) is 46.1 Å². The van der Waals surface area contributed by atoms with Crippen LogP contribution in [0, 0.1) is 13.8 Å². The Hall–Kier alpha value is -3.14. The fourth-order valence-corrected chi connectivity index (χ4v) is 3.52. The first kappa shape index (κ1) is 16.3. The van der Waals surface area contributed by atoms with Crippen molar-refractivity contribution in [1.82, 2.24) is 29.5 Å². The number of nitrogens with zero attached hydrogens (tertiary/aromatic N) is 4. The number of carbonyl (C=O) groups excluding carboxylic acids is 1. The van der Waals surface area contributed by atoms with E-state index in [0.717, 1.165) is 11.4 Å². The number of thioether (sulfide) groups is 1. The standard InChI is InChI=1S/C16H15N7O2S/c1-8-5-9(2)23-14(17-8)21-22-16(23)26-7-13(24)18-10-3-4-11-12(6-10)20-15(25)19-11/h3-6H,7H2,1-2H3,(H,18,24)(H2,19,20,25). The quantitative estimate of drug-likeness (QED) is 0.470. The second kappa shape index (κ2) is 6.30. The first-order chi connectivity index (χ1) is 12.5. The van der Waals surface area contributed by atoms with Crippen LogP contribution in [0.25, 0.3) is 16.8 Å². The minimum Gasteiger partial charge on any atom is -0.325 e. The van der Waals surface area contributed by atoms with Crippen LogP contribution in [0.15, 0.2) is 34.2 Å². The van der Waals surface area contributed by atoms with E-state index < -0.39 is 0 Å². The SMILES string of the molecule is Cc1cc(C)n2c(SCC(=O)Nc3ccc4[nH]c(=O)[nH]c4c3)nnc2n1. The van der Waals surface area contributed by atoms with Gasteiger partial charge in [-0.1, -0.05) is 11.8 Å². The molecular formula is C16H15N7O2S. The zero-order valence-electron chi connectivity index (χ0n) is 14.0. The molecule has 0 saturated carbocycles. The number of imidazole rings is 1. The van der Waals surface area contributed by atoms with Gasteiger partial charge in [-0.05, 0) is 38.1 Å². The lowest BCUT2D eigenvalue weighted by molar-refractivity contribution is -0.113. The van der Waals surface area contributed by atoms with E-state index in [1.165, 1.54) is 11.8 Å². The van der Waals surface area contributed by atoms with E-state index in [1.807, 2.05) is 24.3 Å². The highest BCUT2D eigenvalue weighted by atomic mass is 32.2. The number of hydrogen-bond acceptors (Lipinski definition) is 6. The molecule has 0 saturated heterocycles. The minimum atomic E-state index is -0.281. The van der Waals surface area contributed by atoms with Crippen molar-refractivity contribution < 1.29 is 4.79 Å². The number of anilines is 1. The van der Waals surface area contributed by atoms with Gasteiger partial charge in [0.05, 0.1) is 16.8 Å². The van der Waals surface area contributed by atoms with E-state index in [4.69, 9.17) is 0 Å². The summed E-state index contributed by atoms with van der Waals surface area (Å²) in [5.74, 6) is 0.518. The Morgan fingerprint density at radius 2 is 2.00 bits per heavy atom. The molecule has 0 aliphatic carbocycles. The molecule has 3 heterocycles. The maximum Gasteiger partial charge on any atom is 0.323 e. The molecule has 0 spiro atoms. The fraction of sp³-hybridized carbons (Fsp3) is 0.188. The monoisotopic (exact) mass is 369 g/mol. The Balaban J connectivity index is 1.47. The summed E-state index contributed by atoms with van der Waals surface area (Å²) >= 11 is 1.29. The van der Waals surface area contributed by atoms with Crippen LogP contribution in [-0.2, 0) is 4.79 Å². The smallest absolute Gasteiger partial charge is 0.323 e. The molecular weight excluding hydrogens is 354 g/mol. The predicted octanol–water partition coefficient (Wildman–Crippen LogP) is 1.64. The average Bonchev–Trinajstić information content (AvgIpc) is 3.14. The van der Waals surface area contributed by atoms with Gasteiger partial charge in [0.15, 0.2) is 5.16 Å². The van der Waals surface area contributed by atoms with Gasteiger partial charge in [0.1, 0.15) is 0 Å². The molecule has 0 bridgehead atoms. The third kappa shape index (κ3) is 3.06. The van der Waals surface area contributed by atoms with Gasteiger partial charge in [0.25, 0.3) is 5.78 Å². The van der Waals surface area contributed by atoms with Gasteiger partial charge >= 0.3 is 5.69 Å². The summed E-state index contributed by atoms with van der Waals surface area (Å²) in [6.45, 7) is 3.85. The number of H-pyrrole nitrogens is 2. The summed E-state index contributed by atoms with van der Waals surface area (Å²) < 4.78 is 1.82. The number of hydrogen-bond donors (Lipinski definition) is 3. The average molecular weight is 369 g/mol. The highest BCUT2D eigenvalue weighted by Crippen LogP contribution is 2.19. The molecule has 132 valence electrons. The minimum absolute atomic E-state index is 0.176. The van der Waals surface area contributed by atoms with Gasteiger partial charge in [-0.25, -0.2) is 9.78 Å². The Bertz CT molecular complexity index is 1190. The van der Waals surface area contributed by atoms with Crippen LogP contribution < -0.4 is 11.0 Å². The summed E-state index contributed by atoms with van der Waals surface area (Å²) in [5, 5.41) is 11.6. The van der Waals surface area contributed by atoms with Crippen molar-refractivity contribution in [3.8, 4) is 0 Å². The fourth-order valence-electron chi connectivity index (χ4n) is 2.73. The predicted molar refractivity (Wildman–Crippen MR) is 98.5 cm³/mol. The molecule has 4 aromatic rings. The van der Waals surface area contributed by atoms with Crippen molar-refractivity contribution in [3.63, 3.8) is 0 Å². The lowest BCUT2D eigenvalue weighted by Gasteiger charge is -2.06. The topological polar surface area (TPSA) is 121 Å². The summed E-state index contributed by atoms with van der Waals surface area (Å²) in [5.41, 5.74) is 3.49. The Labute approximate surface area is 151 Å². The molecule has 0 unspecified atom stereocenters. The van der Waals surface area contributed by atoms with Crippen LogP contribution in [0.1, 0.15) is 11.4 Å². The van der Waals surface area contributed by atoms with Crippen LogP contribution in [0.3, 0.4) is 0 Å². The maximum atomic E-state index is 12.2. The van der Waals surface area contributed by atoms with E-state index in [0.29, 0.717) is 27.7 Å².